The molecule has 0 fully saturated rings. The van der Waals surface area contributed by atoms with Crippen LogP contribution in [0.15, 0.2) is 34.8 Å². The molecule has 0 bridgehead atoms. The highest BCUT2D eigenvalue weighted by Gasteiger charge is 2.19. The topological polar surface area (TPSA) is 0 Å². The van der Waals surface area contributed by atoms with Crippen LogP contribution in [-0.2, 0) is 0 Å². The number of hydrogen-bond acceptors (Lipinski definition) is 0. The van der Waals surface area contributed by atoms with E-state index in [1.54, 1.807) is 0 Å². The maximum absolute atomic E-state index is 2.41. The van der Waals surface area contributed by atoms with E-state index in [0.717, 1.165) is 0 Å². The smallest absolute Gasteiger partial charge is 0.0965 e. The minimum atomic E-state index is 0.630. The first kappa shape index (κ1) is 14.2. The molecule has 0 aliphatic heterocycles. The van der Waals surface area contributed by atoms with Gasteiger partial charge in [0.05, 0.1) is 0 Å². The van der Waals surface area contributed by atoms with Gasteiger partial charge in [0.1, 0.15) is 0 Å². The molecule has 99 valence electrons. The zero-order valence-electron chi connectivity index (χ0n) is 13.1. The van der Waals surface area contributed by atoms with E-state index in [2.05, 4.69) is 67.0 Å². The molecule has 2 rings (SSSR count). The number of hydrogen-bond donors (Lipinski definition) is 0. The molecule has 1 aliphatic rings. The first-order valence-corrected chi connectivity index (χ1v) is 7.19. The maximum atomic E-state index is 2.41. The molecule has 0 heterocycles. The van der Waals surface area contributed by atoms with Crippen molar-refractivity contribution in [2.24, 2.45) is 5.92 Å². The van der Waals surface area contributed by atoms with E-state index in [-0.39, 0.29) is 0 Å². The lowest BCUT2D eigenvalue weighted by Gasteiger charge is -2.24. The average molecular weight is 251 g/mol. The summed E-state index contributed by atoms with van der Waals surface area (Å²) in [5.41, 5.74) is 9.95. The first-order valence-electron chi connectivity index (χ1n) is 7.19. The van der Waals surface area contributed by atoms with Crippen molar-refractivity contribution in [3.63, 3.8) is 0 Å². The van der Waals surface area contributed by atoms with Crippen molar-refractivity contribution in [2.75, 3.05) is 0 Å². The average Bonchev–Trinajstić information content (AvgIpc) is 2.25. The van der Waals surface area contributed by atoms with Crippen molar-refractivity contribution in [3.8, 4) is 0 Å². The summed E-state index contributed by atoms with van der Waals surface area (Å²) in [5.74, 6) is 0.630. The Morgan fingerprint density at radius 3 is 2.11 bits per heavy atom. The predicted molar refractivity (Wildman–Crippen MR) is 86.3 cm³/mol. The van der Waals surface area contributed by atoms with Gasteiger partial charge < -0.3 is 0 Å². The quantitative estimate of drug-likeness (QED) is 0.691. The van der Waals surface area contributed by atoms with Crippen molar-refractivity contribution in [1.29, 1.82) is 0 Å². The molecule has 0 saturated carbocycles. The van der Waals surface area contributed by atoms with Crippen molar-refractivity contribution < 1.29 is 0 Å². The van der Waals surface area contributed by atoms with Gasteiger partial charge in [-0.15, -0.1) is 0 Å². The molecule has 1 atom stereocenters. The fourth-order valence-electron chi connectivity index (χ4n) is 3.32. The summed E-state index contributed by atoms with van der Waals surface area (Å²) in [7, 11) is 2.41. The zero-order chi connectivity index (χ0) is 14.2. The van der Waals surface area contributed by atoms with E-state index < -0.39 is 0 Å². The second-order valence-electron chi connectivity index (χ2n) is 6.19. The first-order chi connectivity index (χ1) is 8.88. The molecule has 0 N–H and O–H groups in total. The van der Waals surface area contributed by atoms with Gasteiger partial charge >= 0.3 is 0 Å². The summed E-state index contributed by atoms with van der Waals surface area (Å²) in [5, 5.41) is 0. The standard InChI is InChI=1S/C18H24B/c1-11-7-13(3)17(14(4)8-11)19-18-15(5)9-12(2)10-16(18)6/h7-9,16H,10H2,1-6H3. The van der Waals surface area contributed by atoms with Gasteiger partial charge in [-0.25, -0.2) is 0 Å². The summed E-state index contributed by atoms with van der Waals surface area (Å²) in [6.45, 7) is 13.4. The molecular formula is C18H24B. The van der Waals surface area contributed by atoms with Crippen LogP contribution in [0.3, 0.4) is 0 Å². The normalized spacial score (nSPS) is 19.5. The van der Waals surface area contributed by atoms with Gasteiger partial charge in [0.15, 0.2) is 7.28 Å². The lowest BCUT2D eigenvalue weighted by atomic mass is 9.54. The Morgan fingerprint density at radius 2 is 1.58 bits per heavy atom. The molecule has 0 saturated heterocycles. The third-order valence-electron chi connectivity index (χ3n) is 4.12. The molecule has 1 unspecified atom stereocenters. The van der Waals surface area contributed by atoms with E-state index in [9.17, 15) is 0 Å². The van der Waals surface area contributed by atoms with Crippen molar-refractivity contribution >= 4 is 12.7 Å². The van der Waals surface area contributed by atoms with E-state index in [4.69, 9.17) is 0 Å². The SMILES string of the molecule is CC1=CC(C)=C([B]c2c(C)cc(C)cc2C)C(C)C1. The zero-order valence-corrected chi connectivity index (χ0v) is 13.1. The number of aryl methyl sites for hydroxylation is 3. The summed E-state index contributed by atoms with van der Waals surface area (Å²) >= 11 is 0. The Labute approximate surface area is 118 Å². The van der Waals surface area contributed by atoms with Crippen molar-refractivity contribution in [3.05, 3.63) is 51.5 Å². The van der Waals surface area contributed by atoms with E-state index >= 15 is 0 Å². The lowest BCUT2D eigenvalue weighted by molar-refractivity contribution is 0.684. The van der Waals surface area contributed by atoms with Crippen molar-refractivity contribution in [1.82, 2.24) is 0 Å². The number of rotatable bonds is 2. The molecule has 0 aromatic heterocycles. The Balaban J connectivity index is 2.39. The molecule has 0 nitrogen and oxygen atoms in total. The van der Waals surface area contributed by atoms with Crippen molar-refractivity contribution in [2.45, 2.75) is 48.0 Å². The molecule has 1 aromatic carbocycles. The summed E-state index contributed by atoms with van der Waals surface area (Å²) < 4.78 is 0. The summed E-state index contributed by atoms with van der Waals surface area (Å²) in [6.07, 6.45) is 3.53. The highest BCUT2D eigenvalue weighted by Crippen LogP contribution is 2.28. The van der Waals surface area contributed by atoms with Gasteiger partial charge in [-0.05, 0) is 47.0 Å². The van der Waals surface area contributed by atoms with Crippen LogP contribution in [0.5, 0.6) is 0 Å². The number of allylic oxidation sites excluding steroid dienone is 4. The Kier molecular flexibility index (Phi) is 4.03. The predicted octanol–water partition coefficient (Wildman–Crippen LogP) is 4.20. The van der Waals surface area contributed by atoms with Gasteiger partial charge in [0.25, 0.3) is 0 Å². The van der Waals surface area contributed by atoms with Gasteiger partial charge in [-0.1, -0.05) is 63.9 Å². The van der Waals surface area contributed by atoms with Crippen LogP contribution in [0.1, 0.15) is 43.9 Å². The van der Waals surface area contributed by atoms with Crippen LogP contribution >= 0.6 is 0 Å². The van der Waals surface area contributed by atoms with Crippen LogP contribution < -0.4 is 5.46 Å². The second-order valence-corrected chi connectivity index (χ2v) is 6.19. The summed E-state index contributed by atoms with van der Waals surface area (Å²) in [6, 6.07) is 4.56. The lowest BCUT2D eigenvalue weighted by Crippen LogP contribution is -2.27. The summed E-state index contributed by atoms with van der Waals surface area (Å²) in [4.78, 5) is 0. The Bertz CT molecular complexity index is 538. The van der Waals surface area contributed by atoms with E-state index in [0.29, 0.717) is 5.92 Å². The van der Waals surface area contributed by atoms with Crippen LogP contribution in [0.25, 0.3) is 0 Å². The Morgan fingerprint density at radius 1 is 1.00 bits per heavy atom. The van der Waals surface area contributed by atoms with E-state index in [1.807, 2.05) is 0 Å². The van der Waals surface area contributed by atoms with Gasteiger partial charge in [-0.3, -0.25) is 0 Å². The highest BCUT2D eigenvalue weighted by molar-refractivity contribution is 6.62. The van der Waals surface area contributed by atoms with Gasteiger partial charge in [0.2, 0.25) is 0 Å². The minimum absolute atomic E-state index is 0.630. The molecule has 19 heavy (non-hydrogen) atoms. The van der Waals surface area contributed by atoms with Gasteiger partial charge in [-0.2, -0.15) is 0 Å². The fourth-order valence-corrected chi connectivity index (χ4v) is 3.32. The molecule has 1 heteroatoms. The highest BCUT2D eigenvalue weighted by atomic mass is 14.2. The van der Waals surface area contributed by atoms with Crippen LogP contribution in [0, 0.1) is 26.7 Å². The maximum Gasteiger partial charge on any atom is 0.187 e. The molecule has 1 aliphatic carbocycles. The molecular weight excluding hydrogens is 227 g/mol. The molecule has 1 radical (unpaired) electrons. The minimum Gasteiger partial charge on any atom is -0.0965 e. The molecule has 1 aromatic rings. The van der Waals surface area contributed by atoms with Gasteiger partial charge in [0, 0.05) is 0 Å². The Hall–Kier alpha value is -1.24. The van der Waals surface area contributed by atoms with Crippen LogP contribution in [0.4, 0.5) is 0 Å². The van der Waals surface area contributed by atoms with E-state index in [1.165, 1.54) is 45.2 Å². The third-order valence-corrected chi connectivity index (χ3v) is 4.12. The monoisotopic (exact) mass is 251 g/mol. The van der Waals surface area contributed by atoms with Crippen LogP contribution in [-0.4, -0.2) is 7.28 Å². The molecule has 0 spiro atoms. The number of benzene rings is 1. The van der Waals surface area contributed by atoms with Crippen LogP contribution in [0.2, 0.25) is 0 Å². The largest absolute Gasteiger partial charge is 0.187 e. The third kappa shape index (κ3) is 3.02. The fraction of sp³-hybridized carbons (Fsp3) is 0.444. The molecule has 0 amide bonds. The second kappa shape index (κ2) is 5.40.